The Morgan fingerprint density at radius 2 is 0.532 bits per heavy atom. The number of rotatable bonds is 8. The van der Waals surface area contributed by atoms with Crippen LogP contribution >= 0.6 is 0 Å². The Morgan fingerprint density at radius 3 is 0.927 bits per heavy atom. The molecule has 0 fully saturated rings. The second-order valence-electron chi connectivity index (χ2n) is 30.0. The number of benzene rings is 17. The molecule has 5 heteroatoms. The van der Waals surface area contributed by atoms with Crippen LogP contribution in [0, 0.1) is 0 Å². The number of hydrogen-bond acceptors (Lipinski definition) is 2. The molecule has 25 rings (SSSR count). The molecule has 0 aliphatic carbocycles. The lowest BCUT2D eigenvalue weighted by Crippen LogP contribution is -2.61. The van der Waals surface area contributed by atoms with Crippen molar-refractivity contribution in [2.45, 2.75) is 12.3 Å². The minimum Gasteiger partial charge on any atom is -0.310 e. The molecule has 6 aliphatic rings. The van der Waals surface area contributed by atoms with Crippen molar-refractivity contribution in [3.8, 4) is 100 Å². The zero-order valence-corrected chi connectivity index (χ0v) is 59.8. The molecule has 2 aromatic heterocycles. The smallest absolute Gasteiger partial charge is 0.252 e. The van der Waals surface area contributed by atoms with Crippen LogP contribution in [0.25, 0.3) is 144 Å². The fourth-order valence-electron chi connectivity index (χ4n) is 19.1. The van der Waals surface area contributed by atoms with Crippen LogP contribution in [0.2, 0.25) is 0 Å². The first kappa shape index (κ1) is 61.3. The van der Waals surface area contributed by atoms with Gasteiger partial charge in [-0.05, 0) is 216 Å². The molecular formula is C104H67BN4. The lowest BCUT2D eigenvalue weighted by molar-refractivity contribution is 0.693. The number of hydrogen-bond donors (Lipinski definition) is 0. The van der Waals surface area contributed by atoms with Crippen molar-refractivity contribution in [2.24, 2.45) is 0 Å². The van der Waals surface area contributed by atoms with Gasteiger partial charge in [0.05, 0.1) is 33.4 Å². The van der Waals surface area contributed by atoms with E-state index >= 15 is 0 Å². The van der Waals surface area contributed by atoms with Crippen molar-refractivity contribution >= 4 is 101 Å². The van der Waals surface area contributed by atoms with Crippen LogP contribution in [0.5, 0.6) is 0 Å². The Labute approximate surface area is 633 Å². The fourth-order valence-corrected chi connectivity index (χ4v) is 19.1. The summed E-state index contributed by atoms with van der Waals surface area (Å²) in [4.78, 5) is 5.47. The van der Waals surface area contributed by atoms with Gasteiger partial charge in [0, 0.05) is 83.3 Å². The van der Waals surface area contributed by atoms with Crippen molar-refractivity contribution in [1.29, 1.82) is 0 Å². The molecule has 17 aromatic carbocycles. The van der Waals surface area contributed by atoms with Crippen LogP contribution < -0.4 is 26.2 Å². The molecule has 0 unspecified atom stereocenters. The highest BCUT2D eigenvalue weighted by atomic mass is 15.2. The fraction of sp³-hybridized carbons (Fsp3) is 0.0192. The summed E-state index contributed by atoms with van der Waals surface area (Å²) in [7, 11) is 0. The zero-order chi connectivity index (χ0) is 71.6. The predicted molar refractivity (Wildman–Crippen MR) is 458 cm³/mol. The molecule has 0 atom stereocenters. The summed E-state index contributed by atoms with van der Waals surface area (Å²) in [5.41, 5.74) is 38.9. The van der Waals surface area contributed by atoms with E-state index < -0.39 is 5.41 Å². The quantitative estimate of drug-likeness (QED) is 0.141. The molecule has 19 aromatic rings. The standard InChI is InChI=1S/C104H67BN4/c1-104-78-48-40-70(41-49-78)87-60-76(66-24-8-2-9-25-66)58-85(68-28-12-4-13-29-68)102(87)108-97-62-74(72-46-54-95-89(56-72)83-36-20-22-38-93(83)106(95)81-32-16-6-17-33-81)44-52-91(97)105-92-53-45-75(73-47-55-96-90(57-73)84-37-21-23-39-94(84)107(96)82-34-18-7-19-35-82)63-98(92)109(100-65-80(104)64-99(108)101(100)105)103-86(69-30-14-5-15-31-69)59-77(67-26-10-3-11-27-67)61-88(103)71-42-50-79(104)51-43-71/h2-65H,1H3. The van der Waals surface area contributed by atoms with E-state index in [2.05, 4.69) is 414 Å². The molecule has 0 spiro atoms. The Hall–Kier alpha value is -14.0. The first-order valence-electron chi connectivity index (χ1n) is 38.0. The molecule has 506 valence electrons. The van der Waals surface area contributed by atoms with Gasteiger partial charge in [-0.3, -0.25) is 0 Å². The molecule has 0 saturated heterocycles. The second-order valence-corrected chi connectivity index (χ2v) is 30.0. The molecular weight excluding hydrogens is 1320 g/mol. The molecule has 0 amide bonds. The van der Waals surface area contributed by atoms with Gasteiger partial charge in [-0.2, -0.15) is 0 Å². The van der Waals surface area contributed by atoms with E-state index in [1.54, 1.807) is 0 Å². The maximum atomic E-state index is 2.74. The number of fused-ring (bicyclic) bond motifs is 14. The van der Waals surface area contributed by atoms with Gasteiger partial charge in [-0.15, -0.1) is 0 Å². The molecule has 7 bridgehead atoms. The largest absolute Gasteiger partial charge is 0.310 e. The lowest BCUT2D eigenvalue weighted by atomic mass is 9.33. The number of anilines is 6. The molecule has 0 N–H and O–H groups in total. The minimum atomic E-state index is -0.676. The second kappa shape index (κ2) is 23.8. The normalized spacial score (nSPS) is 13.2. The number of nitrogens with zero attached hydrogens (tertiary/aromatic N) is 4. The van der Waals surface area contributed by atoms with Crippen LogP contribution in [0.15, 0.2) is 388 Å². The Kier molecular flexibility index (Phi) is 13.4. The number of para-hydroxylation sites is 4. The first-order chi connectivity index (χ1) is 53.9. The Morgan fingerprint density at radius 1 is 0.220 bits per heavy atom. The average Bonchev–Trinajstić information content (AvgIpc) is 1.61. The van der Waals surface area contributed by atoms with E-state index in [1.807, 2.05) is 0 Å². The van der Waals surface area contributed by atoms with E-state index in [-0.39, 0.29) is 6.71 Å². The summed E-state index contributed by atoms with van der Waals surface area (Å²) in [6, 6.07) is 148. The molecule has 6 aliphatic heterocycles. The molecule has 0 radical (unpaired) electrons. The lowest BCUT2D eigenvalue weighted by Gasteiger charge is -2.46. The van der Waals surface area contributed by atoms with Crippen molar-refractivity contribution in [3.63, 3.8) is 0 Å². The summed E-state index contributed by atoms with van der Waals surface area (Å²) in [6.07, 6.45) is 0. The van der Waals surface area contributed by atoms with Gasteiger partial charge in [-0.1, -0.05) is 279 Å². The van der Waals surface area contributed by atoms with E-state index in [9.17, 15) is 0 Å². The van der Waals surface area contributed by atoms with Crippen molar-refractivity contribution in [1.82, 2.24) is 9.13 Å². The van der Waals surface area contributed by atoms with E-state index in [1.165, 1.54) is 76.7 Å². The molecule has 8 heterocycles. The number of aromatic nitrogens is 2. The minimum absolute atomic E-state index is 0.236. The van der Waals surface area contributed by atoms with Gasteiger partial charge in [0.15, 0.2) is 0 Å². The third kappa shape index (κ3) is 9.21. The van der Waals surface area contributed by atoms with Crippen molar-refractivity contribution < 1.29 is 0 Å². The Bertz CT molecular complexity index is 6530. The van der Waals surface area contributed by atoms with Crippen LogP contribution in [0.4, 0.5) is 34.1 Å². The highest BCUT2D eigenvalue weighted by Crippen LogP contribution is 2.58. The van der Waals surface area contributed by atoms with E-state index in [0.29, 0.717) is 0 Å². The van der Waals surface area contributed by atoms with Crippen LogP contribution in [-0.2, 0) is 5.41 Å². The highest BCUT2D eigenvalue weighted by Gasteiger charge is 2.48. The van der Waals surface area contributed by atoms with Gasteiger partial charge in [-0.25, -0.2) is 0 Å². The summed E-state index contributed by atoms with van der Waals surface area (Å²) in [5, 5.41) is 4.87. The maximum absolute atomic E-state index is 2.74. The summed E-state index contributed by atoms with van der Waals surface area (Å²) < 4.78 is 4.84. The van der Waals surface area contributed by atoms with Crippen molar-refractivity contribution in [3.05, 3.63) is 405 Å². The Balaban J connectivity index is 0.868. The average molecular weight is 1380 g/mol. The predicted octanol–water partition coefficient (Wildman–Crippen LogP) is 25.3. The van der Waals surface area contributed by atoms with E-state index in [0.717, 1.165) is 135 Å². The van der Waals surface area contributed by atoms with Gasteiger partial charge < -0.3 is 18.9 Å². The third-order valence-electron chi connectivity index (χ3n) is 24.3. The topological polar surface area (TPSA) is 16.3 Å². The summed E-state index contributed by atoms with van der Waals surface area (Å²) in [5.74, 6) is 0. The highest BCUT2D eigenvalue weighted by molar-refractivity contribution is 7.00. The van der Waals surface area contributed by atoms with Crippen molar-refractivity contribution in [2.75, 3.05) is 9.80 Å². The zero-order valence-electron chi connectivity index (χ0n) is 59.8. The maximum Gasteiger partial charge on any atom is 0.252 e. The van der Waals surface area contributed by atoms with Crippen LogP contribution in [0.1, 0.15) is 23.6 Å². The van der Waals surface area contributed by atoms with E-state index in [4.69, 9.17) is 0 Å². The van der Waals surface area contributed by atoms with Crippen LogP contribution in [-0.4, -0.2) is 15.8 Å². The monoisotopic (exact) mass is 1380 g/mol. The SMILES string of the molecule is CC12c3ccc(cc3)-c3cc(-c4ccccc4)cc(-c4ccccc4)c3N3c4cc(-c5ccc6c(c5)c5ccccc5n6-c5ccccc5)ccc4B4c5ccc(-c6ccc7c(c6)c6ccccc6n7-c6ccccc6)cc5N(c5cc1cc3c54)c1c(-c3ccccc3)cc(-c3ccccc3)cc1-c1ccc2cc1. The summed E-state index contributed by atoms with van der Waals surface area (Å²) >= 11 is 0. The summed E-state index contributed by atoms with van der Waals surface area (Å²) in [6.45, 7) is 2.25. The van der Waals surface area contributed by atoms with Gasteiger partial charge in [0.1, 0.15) is 0 Å². The van der Waals surface area contributed by atoms with Crippen LogP contribution in [0.3, 0.4) is 0 Å². The third-order valence-corrected chi connectivity index (χ3v) is 24.3. The van der Waals surface area contributed by atoms with Gasteiger partial charge in [0.25, 0.3) is 6.71 Å². The van der Waals surface area contributed by atoms with Gasteiger partial charge >= 0.3 is 0 Å². The molecule has 0 saturated carbocycles. The molecule has 4 nitrogen and oxygen atoms in total. The van der Waals surface area contributed by atoms with Gasteiger partial charge in [0.2, 0.25) is 0 Å². The molecule has 109 heavy (non-hydrogen) atoms. The first-order valence-corrected chi connectivity index (χ1v) is 38.0.